The van der Waals surface area contributed by atoms with E-state index in [0.29, 0.717) is 5.92 Å². The summed E-state index contributed by atoms with van der Waals surface area (Å²) in [6.07, 6.45) is 4.14. The van der Waals surface area contributed by atoms with E-state index in [2.05, 4.69) is 41.9 Å². The lowest BCUT2D eigenvalue weighted by molar-refractivity contribution is 0.307. The standard InChI is InChI=1S/C13H23N3/c1-10(8-14-13-5-4-6-13)9-16-12(3)7-11(2)15-16/h7,10,13-14H,4-6,8-9H2,1-3H3/t10-/m0/s1. The van der Waals surface area contributed by atoms with Gasteiger partial charge in [0.25, 0.3) is 0 Å². The van der Waals surface area contributed by atoms with E-state index in [1.807, 2.05) is 0 Å². The third kappa shape index (κ3) is 2.85. The van der Waals surface area contributed by atoms with E-state index < -0.39 is 0 Å². The van der Waals surface area contributed by atoms with Crippen molar-refractivity contribution in [2.45, 2.75) is 52.6 Å². The van der Waals surface area contributed by atoms with Gasteiger partial charge < -0.3 is 5.32 Å². The van der Waals surface area contributed by atoms with Crippen LogP contribution < -0.4 is 5.32 Å². The molecule has 1 aromatic heterocycles. The van der Waals surface area contributed by atoms with Crippen LogP contribution in [0.15, 0.2) is 6.07 Å². The molecular formula is C13H23N3. The Morgan fingerprint density at radius 3 is 2.75 bits per heavy atom. The molecule has 3 heteroatoms. The van der Waals surface area contributed by atoms with Crippen molar-refractivity contribution < 1.29 is 0 Å². The zero-order valence-electron chi connectivity index (χ0n) is 10.7. The first-order chi connectivity index (χ1) is 7.65. The van der Waals surface area contributed by atoms with Crippen molar-refractivity contribution in [3.8, 4) is 0 Å². The largest absolute Gasteiger partial charge is 0.314 e. The molecule has 1 aromatic rings. The Hall–Kier alpha value is -0.830. The number of aryl methyl sites for hydroxylation is 2. The van der Waals surface area contributed by atoms with Crippen LogP contribution in [0.1, 0.15) is 37.6 Å². The molecule has 1 fully saturated rings. The molecule has 1 atom stereocenters. The molecule has 0 saturated heterocycles. The predicted molar refractivity (Wildman–Crippen MR) is 66.5 cm³/mol. The second-order valence-corrected chi connectivity index (χ2v) is 5.25. The van der Waals surface area contributed by atoms with Crippen LogP contribution in [0.25, 0.3) is 0 Å². The molecule has 1 aliphatic rings. The van der Waals surface area contributed by atoms with Crippen LogP contribution >= 0.6 is 0 Å². The van der Waals surface area contributed by atoms with Crippen molar-refractivity contribution in [3.05, 3.63) is 17.5 Å². The fourth-order valence-corrected chi connectivity index (χ4v) is 2.20. The Morgan fingerprint density at radius 2 is 2.25 bits per heavy atom. The Morgan fingerprint density at radius 1 is 1.50 bits per heavy atom. The van der Waals surface area contributed by atoms with E-state index in [1.54, 1.807) is 0 Å². The summed E-state index contributed by atoms with van der Waals surface area (Å²) in [4.78, 5) is 0. The summed E-state index contributed by atoms with van der Waals surface area (Å²) in [7, 11) is 0. The lowest BCUT2D eigenvalue weighted by Gasteiger charge is -2.28. The zero-order chi connectivity index (χ0) is 11.5. The summed E-state index contributed by atoms with van der Waals surface area (Å²) in [5, 5.41) is 8.12. The first kappa shape index (κ1) is 11.6. The van der Waals surface area contributed by atoms with Crippen molar-refractivity contribution in [2.24, 2.45) is 5.92 Å². The van der Waals surface area contributed by atoms with E-state index in [-0.39, 0.29) is 0 Å². The minimum atomic E-state index is 0.651. The number of rotatable bonds is 5. The highest BCUT2D eigenvalue weighted by atomic mass is 15.3. The summed E-state index contributed by atoms with van der Waals surface area (Å²) in [5.41, 5.74) is 2.39. The molecular weight excluding hydrogens is 198 g/mol. The molecule has 2 rings (SSSR count). The average Bonchev–Trinajstić information content (AvgIpc) is 2.42. The molecule has 0 aliphatic heterocycles. The van der Waals surface area contributed by atoms with Crippen LogP contribution in [0.3, 0.4) is 0 Å². The molecule has 90 valence electrons. The van der Waals surface area contributed by atoms with Gasteiger partial charge in [0.05, 0.1) is 5.69 Å². The maximum Gasteiger partial charge on any atom is 0.0596 e. The fraction of sp³-hybridized carbons (Fsp3) is 0.769. The Balaban J connectivity index is 1.77. The van der Waals surface area contributed by atoms with Gasteiger partial charge in [-0.25, -0.2) is 0 Å². The van der Waals surface area contributed by atoms with E-state index in [4.69, 9.17) is 0 Å². The minimum absolute atomic E-state index is 0.651. The monoisotopic (exact) mass is 221 g/mol. The minimum Gasteiger partial charge on any atom is -0.314 e. The lowest BCUT2D eigenvalue weighted by atomic mass is 9.93. The normalized spacial score (nSPS) is 18.4. The molecule has 0 unspecified atom stereocenters. The third-order valence-corrected chi connectivity index (χ3v) is 3.45. The number of hydrogen-bond acceptors (Lipinski definition) is 2. The quantitative estimate of drug-likeness (QED) is 0.826. The van der Waals surface area contributed by atoms with Crippen molar-refractivity contribution in [3.63, 3.8) is 0 Å². The van der Waals surface area contributed by atoms with Crippen LogP contribution in [0.2, 0.25) is 0 Å². The predicted octanol–water partition coefficient (Wildman–Crippen LogP) is 2.28. The molecule has 3 nitrogen and oxygen atoms in total. The van der Waals surface area contributed by atoms with Gasteiger partial charge in [-0.1, -0.05) is 13.3 Å². The van der Waals surface area contributed by atoms with Crippen molar-refractivity contribution >= 4 is 0 Å². The Bertz CT molecular complexity index is 339. The molecule has 1 saturated carbocycles. The van der Waals surface area contributed by atoms with Crippen LogP contribution in [-0.4, -0.2) is 22.4 Å². The molecule has 0 bridgehead atoms. The van der Waals surface area contributed by atoms with E-state index in [1.165, 1.54) is 25.0 Å². The maximum atomic E-state index is 4.50. The van der Waals surface area contributed by atoms with Crippen molar-refractivity contribution in [1.82, 2.24) is 15.1 Å². The Kier molecular flexibility index (Phi) is 3.64. The highest BCUT2D eigenvalue weighted by molar-refractivity contribution is 5.06. The van der Waals surface area contributed by atoms with Gasteiger partial charge in [-0.15, -0.1) is 0 Å². The van der Waals surface area contributed by atoms with Gasteiger partial charge in [0.1, 0.15) is 0 Å². The second kappa shape index (κ2) is 5.00. The average molecular weight is 221 g/mol. The number of aromatic nitrogens is 2. The van der Waals surface area contributed by atoms with Crippen molar-refractivity contribution in [1.29, 1.82) is 0 Å². The first-order valence-corrected chi connectivity index (χ1v) is 6.39. The third-order valence-electron chi connectivity index (χ3n) is 3.45. The molecule has 1 aliphatic carbocycles. The summed E-state index contributed by atoms with van der Waals surface area (Å²) in [6, 6.07) is 2.94. The topological polar surface area (TPSA) is 29.9 Å². The van der Waals surface area contributed by atoms with Gasteiger partial charge in [0, 0.05) is 18.3 Å². The highest BCUT2D eigenvalue weighted by Gasteiger charge is 2.17. The van der Waals surface area contributed by atoms with E-state index in [0.717, 1.165) is 24.8 Å². The summed E-state index contributed by atoms with van der Waals surface area (Å²) < 4.78 is 2.13. The molecule has 0 spiro atoms. The molecule has 0 amide bonds. The first-order valence-electron chi connectivity index (χ1n) is 6.39. The number of nitrogens with one attached hydrogen (secondary N) is 1. The van der Waals surface area contributed by atoms with Gasteiger partial charge >= 0.3 is 0 Å². The summed E-state index contributed by atoms with van der Waals surface area (Å²) >= 11 is 0. The molecule has 1 N–H and O–H groups in total. The zero-order valence-corrected chi connectivity index (χ0v) is 10.7. The smallest absolute Gasteiger partial charge is 0.0596 e. The van der Waals surface area contributed by atoms with Gasteiger partial charge in [-0.2, -0.15) is 5.10 Å². The highest BCUT2D eigenvalue weighted by Crippen LogP contribution is 2.18. The summed E-state index contributed by atoms with van der Waals surface area (Å²) in [5.74, 6) is 0.651. The van der Waals surface area contributed by atoms with Crippen LogP contribution in [0.4, 0.5) is 0 Å². The lowest BCUT2D eigenvalue weighted by Crippen LogP contribution is -2.38. The molecule has 1 heterocycles. The van der Waals surface area contributed by atoms with Crippen LogP contribution in [-0.2, 0) is 6.54 Å². The molecule has 16 heavy (non-hydrogen) atoms. The SMILES string of the molecule is Cc1cc(C)n(C[C@@H](C)CNC2CCC2)n1. The van der Waals surface area contributed by atoms with E-state index >= 15 is 0 Å². The van der Waals surface area contributed by atoms with Crippen molar-refractivity contribution in [2.75, 3.05) is 6.54 Å². The van der Waals surface area contributed by atoms with Crippen LogP contribution in [0, 0.1) is 19.8 Å². The second-order valence-electron chi connectivity index (χ2n) is 5.25. The van der Waals surface area contributed by atoms with Crippen LogP contribution in [0.5, 0.6) is 0 Å². The van der Waals surface area contributed by atoms with Gasteiger partial charge in [-0.3, -0.25) is 4.68 Å². The molecule has 0 aromatic carbocycles. The number of hydrogen-bond donors (Lipinski definition) is 1. The van der Waals surface area contributed by atoms with Gasteiger partial charge in [0.2, 0.25) is 0 Å². The van der Waals surface area contributed by atoms with E-state index in [9.17, 15) is 0 Å². The maximum absolute atomic E-state index is 4.50. The number of nitrogens with zero attached hydrogens (tertiary/aromatic N) is 2. The fourth-order valence-electron chi connectivity index (χ4n) is 2.20. The molecule has 0 radical (unpaired) electrons. The van der Waals surface area contributed by atoms with Gasteiger partial charge in [0.15, 0.2) is 0 Å². The van der Waals surface area contributed by atoms with Gasteiger partial charge in [-0.05, 0) is 45.2 Å². The Labute approximate surface area is 98.2 Å². The summed E-state index contributed by atoms with van der Waals surface area (Å²) in [6.45, 7) is 8.62.